The minimum atomic E-state index is -1.37. The quantitative estimate of drug-likeness (QED) is 0.337. The smallest absolute Gasteiger partial charge is 0.871 e. The predicted molar refractivity (Wildman–Crippen MR) is 105 cm³/mol. The molecule has 3 aromatic rings. The van der Waals surface area contributed by atoms with Gasteiger partial charge in [-0.05, 0) is 26.0 Å². The molecule has 158 valence electrons. The monoisotopic (exact) mass is 476 g/mol. The van der Waals surface area contributed by atoms with E-state index in [4.69, 9.17) is 4.52 Å². The molecule has 2 N–H and O–H groups in total. The number of anilines is 1. The molecule has 0 aliphatic heterocycles. The third-order valence-electron chi connectivity index (χ3n) is 4.39. The molecule has 10 nitrogen and oxygen atoms in total. The summed E-state index contributed by atoms with van der Waals surface area (Å²) in [5, 5.41) is 31.7. The van der Waals surface area contributed by atoms with Crippen molar-refractivity contribution in [3.63, 3.8) is 0 Å². The van der Waals surface area contributed by atoms with Crippen molar-refractivity contribution in [2.24, 2.45) is 7.05 Å². The normalized spacial score (nSPS) is 11.1. The first kappa shape index (κ1) is 28.4. The van der Waals surface area contributed by atoms with Crippen molar-refractivity contribution in [3.05, 3.63) is 51.1 Å². The number of amides is 2. The number of carboxylic acids is 1. The summed E-state index contributed by atoms with van der Waals surface area (Å²) in [7, 11) is 1.44. The molecule has 3 heterocycles. The Morgan fingerprint density at radius 1 is 1.25 bits per heavy atom. The van der Waals surface area contributed by atoms with E-state index in [-0.39, 0.29) is 59.1 Å². The maximum Gasteiger partial charge on any atom is 1.00 e. The van der Waals surface area contributed by atoms with Crippen LogP contribution in [0, 0.1) is 13.8 Å². The Morgan fingerprint density at radius 3 is 2.53 bits per heavy atom. The van der Waals surface area contributed by atoms with Gasteiger partial charge in [0.05, 0.1) is 17.3 Å². The Labute approximate surface area is 231 Å². The number of aromatic nitrogens is 2. The van der Waals surface area contributed by atoms with E-state index in [1.807, 2.05) is 0 Å². The maximum atomic E-state index is 12.4. The zero-order chi connectivity index (χ0) is 22.0. The molecule has 0 saturated carbocycles. The summed E-state index contributed by atoms with van der Waals surface area (Å²) in [6, 6.07) is 2.79. The maximum absolute atomic E-state index is 12.4. The number of hydrogen-bond acceptors (Lipinski definition) is 8. The van der Waals surface area contributed by atoms with Crippen molar-refractivity contribution < 1.29 is 83.4 Å². The third-order valence-corrected chi connectivity index (χ3v) is 5.61. The number of hydrogen-bond donors (Lipinski definition) is 2. The van der Waals surface area contributed by atoms with E-state index in [0.717, 1.165) is 21.1 Å². The zero-order valence-corrected chi connectivity index (χ0v) is 23.2. The van der Waals surface area contributed by atoms with Gasteiger partial charge in [0.25, 0.3) is 5.56 Å². The second-order valence-corrected chi connectivity index (χ2v) is 7.71. The van der Waals surface area contributed by atoms with Gasteiger partial charge in [0, 0.05) is 35.4 Å². The van der Waals surface area contributed by atoms with Crippen LogP contribution in [0.5, 0.6) is 5.75 Å². The first-order chi connectivity index (χ1) is 14.2. The van der Waals surface area contributed by atoms with Gasteiger partial charge in [-0.2, -0.15) is 0 Å². The topological polar surface area (TPSA) is 152 Å². The van der Waals surface area contributed by atoms with E-state index in [2.05, 4.69) is 15.8 Å². The number of nitrogens with one attached hydrogen (secondary N) is 2. The molecule has 0 aliphatic carbocycles. The van der Waals surface area contributed by atoms with E-state index in [0.29, 0.717) is 16.3 Å². The second-order valence-electron chi connectivity index (χ2n) is 6.60. The van der Waals surface area contributed by atoms with Gasteiger partial charge in [-0.3, -0.25) is 4.79 Å². The van der Waals surface area contributed by atoms with Crippen molar-refractivity contribution >= 4 is 29.0 Å². The first-order valence-electron chi connectivity index (χ1n) is 8.84. The van der Waals surface area contributed by atoms with E-state index >= 15 is 0 Å². The number of nitrogens with zero attached hydrogens (tertiary/aromatic N) is 2. The number of urea groups is 1. The van der Waals surface area contributed by atoms with Gasteiger partial charge in [-0.15, -0.1) is 11.3 Å². The second kappa shape index (κ2) is 12.0. The SMILES string of the molecule is Cc1noc(C)c1-c1ccc([C@H](CC(=O)[O-])NC(=O)Nc2c([O-])ccn(C)c2=O)s1.[Na+].[Na+]. The van der Waals surface area contributed by atoms with Crippen molar-refractivity contribution in [2.75, 3.05) is 5.32 Å². The molecule has 13 heteroatoms. The summed E-state index contributed by atoms with van der Waals surface area (Å²) in [5.41, 5.74) is 0.385. The number of carboxylic acid groups (broad SMARTS) is 1. The van der Waals surface area contributed by atoms with Crippen LogP contribution in [0.1, 0.15) is 28.8 Å². The molecule has 0 aromatic carbocycles. The Bertz CT molecular complexity index is 1150. The van der Waals surface area contributed by atoms with Gasteiger partial charge < -0.3 is 34.7 Å². The fourth-order valence-corrected chi connectivity index (χ4v) is 4.14. The van der Waals surface area contributed by atoms with Crippen LogP contribution in [-0.2, 0) is 11.8 Å². The summed E-state index contributed by atoms with van der Waals surface area (Å²) in [5.74, 6) is -1.40. The average Bonchev–Trinajstić information content (AvgIpc) is 3.27. The molecule has 32 heavy (non-hydrogen) atoms. The molecule has 0 radical (unpaired) electrons. The molecule has 0 bridgehead atoms. The summed E-state index contributed by atoms with van der Waals surface area (Å²) < 4.78 is 6.30. The molecule has 0 saturated heterocycles. The van der Waals surface area contributed by atoms with Gasteiger partial charge in [-0.1, -0.05) is 17.0 Å². The van der Waals surface area contributed by atoms with Crippen LogP contribution < -0.4 is 85.5 Å². The van der Waals surface area contributed by atoms with Gasteiger partial charge in [0.2, 0.25) is 0 Å². The van der Waals surface area contributed by atoms with Gasteiger partial charge in [0.1, 0.15) is 11.4 Å². The van der Waals surface area contributed by atoms with Crippen LogP contribution >= 0.6 is 11.3 Å². The standard InChI is InChI=1S/C19H20N4O6S.2Na/c1-9-16(10(2)29-22-9)14-5-4-13(30-14)11(8-15(25)26)20-19(28)21-17-12(24)6-7-23(3)18(17)27;;/h4-7,11,24H,8H2,1-3H3,(H,25,26)(H2,20,21,28);;/q;2*+1/p-2/t11-;;/m0../s1. The van der Waals surface area contributed by atoms with Crippen LogP contribution in [0.4, 0.5) is 10.5 Å². The molecule has 1 atom stereocenters. The van der Waals surface area contributed by atoms with Crippen LogP contribution in [0.3, 0.4) is 0 Å². The summed E-state index contributed by atoms with van der Waals surface area (Å²) in [6.07, 6.45) is 0.792. The number of aryl methyl sites for hydroxylation is 3. The van der Waals surface area contributed by atoms with E-state index in [1.165, 1.54) is 24.6 Å². The molecule has 0 fully saturated rings. The molecule has 2 amide bonds. The number of thiophene rings is 1. The van der Waals surface area contributed by atoms with Gasteiger partial charge in [0.15, 0.2) is 0 Å². The summed E-state index contributed by atoms with van der Waals surface area (Å²) in [4.78, 5) is 37.0. The van der Waals surface area contributed by atoms with E-state index < -0.39 is 41.5 Å². The number of rotatable bonds is 6. The first-order valence-corrected chi connectivity index (χ1v) is 9.66. The molecule has 3 rings (SSSR count). The Hall–Kier alpha value is -1.60. The van der Waals surface area contributed by atoms with Crippen molar-refractivity contribution in [2.45, 2.75) is 26.3 Å². The minimum absolute atomic E-state index is 0. The molecule has 0 unspecified atom stereocenters. The predicted octanol–water partition coefficient (Wildman–Crippen LogP) is -5.20. The van der Waals surface area contributed by atoms with Crippen LogP contribution in [0.25, 0.3) is 10.4 Å². The van der Waals surface area contributed by atoms with Crippen LogP contribution in [-0.4, -0.2) is 21.7 Å². The Morgan fingerprint density at radius 2 is 1.94 bits per heavy atom. The fourth-order valence-electron chi connectivity index (χ4n) is 2.93. The Balaban J connectivity index is 0.00000256. The van der Waals surface area contributed by atoms with Gasteiger partial charge in [-0.25, -0.2) is 4.79 Å². The number of aliphatic carboxylic acids is 1. The molecule has 0 aliphatic rings. The van der Waals surface area contributed by atoms with Crippen LogP contribution in [0.2, 0.25) is 0 Å². The molecule has 3 aromatic heterocycles. The van der Waals surface area contributed by atoms with Crippen molar-refractivity contribution in [1.82, 2.24) is 15.0 Å². The molecule has 0 spiro atoms. The average molecular weight is 476 g/mol. The number of carbonyl (C=O) groups excluding carboxylic acids is 2. The molecular weight excluding hydrogens is 458 g/mol. The fraction of sp³-hybridized carbons (Fsp3) is 0.263. The van der Waals surface area contributed by atoms with Crippen LogP contribution in [0.15, 0.2) is 33.7 Å². The number of pyridine rings is 1. The Kier molecular flexibility index (Phi) is 10.7. The largest absolute Gasteiger partial charge is 1.00 e. The number of carbonyl (C=O) groups is 2. The summed E-state index contributed by atoms with van der Waals surface area (Å²) >= 11 is 1.26. The third kappa shape index (κ3) is 6.47. The van der Waals surface area contributed by atoms with E-state index in [1.54, 1.807) is 26.0 Å². The zero-order valence-electron chi connectivity index (χ0n) is 18.3. The summed E-state index contributed by atoms with van der Waals surface area (Å²) in [6.45, 7) is 3.55. The van der Waals surface area contributed by atoms with Crippen molar-refractivity contribution in [1.29, 1.82) is 0 Å². The molecular formula is C19H18N4Na2O6S. The van der Waals surface area contributed by atoms with E-state index in [9.17, 15) is 24.6 Å². The van der Waals surface area contributed by atoms with Gasteiger partial charge >= 0.3 is 65.1 Å². The minimum Gasteiger partial charge on any atom is -0.871 e. The van der Waals surface area contributed by atoms with Crippen molar-refractivity contribution in [3.8, 4) is 16.2 Å².